The molecule has 166 valence electrons. The lowest BCUT2D eigenvalue weighted by molar-refractivity contribution is -0.118. The van der Waals surface area contributed by atoms with Crippen molar-refractivity contribution < 1.29 is 19.1 Å². The molecule has 1 fully saturated rings. The summed E-state index contributed by atoms with van der Waals surface area (Å²) >= 11 is 0. The second-order valence-electron chi connectivity index (χ2n) is 9.33. The molecule has 0 heterocycles. The maximum atomic E-state index is 12.4. The van der Waals surface area contributed by atoms with E-state index < -0.39 is 0 Å². The van der Waals surface area contributed by atoms with Gasteiger partial charge in [0.15, 0.2) is 6.61 Å². The Bertz CT molecular complexity index is 906. The molecular weight excluding hydrogens is 390 g/mol. The second kappa shape index (κ2) is 9.99. The first-order valence-corrected chi connectivity index (χ1v) is 11.1. The van der Waals surface area contributed by atoms with Crippen LogP contribution in [0.1, 0.15) is 74.4 Å². The number of carbonyl (C=O) groups excluding carboxylic acids is 2. The van der Waals surface area contributed by atoms with Crippen molar-refractivity contribution in [3.8, 4) is 5.75 Å². The zero-order chi connectivity index (χ0) is 22.4. The van der Waals surface area contributed by atoms with Crippen molar-refractivity contribution in [2.24, 2.45) is 0 Å². The van der Waals surface area contributed by atoms with E-state index in [1.807, 2.05) is 19.1 Å². The standard InChI is InChI=1S/C26H33NO4/c1-18-10-15-23(22(16-18)26(2,3)4)30-17-24(28)27-20-13-11-19(12-14-20)25(29)31-21-8-6-5-7-9-21/h10-16,21H,5-9,17H2,1-4H3,(H,27,28). The highest BCUT2D eigenvalue weighted by molar-refractivity contribution is 5.93. The summed E-state index contributed by atoms with van der Waals surface area (Å²) in [6, 6.07) is 12.8. The van der Waals surface area contributed by atoms with E-state index in [0.29, 0.717) is 17.0 Å². The van der Waals surface area contributed by atoms with Crippen LogP contribution in [-0.4, -0.2) is 24.6 Å². The van der Waals surface area contributed by atoms with Gasteiger partial charge in [-0.25, -0.2) is 4.79 Å². The minimum Gasteiger partial charge on any atom is -0.483 e. The van der Waals surface area contributed by atoms with E-state index in [1.165, 1.54) is 6.42 Å². The Morgan fingerprint density at radius 1 is 1.00 bits per heavy atom. The van der Waals surface area contributed by atoms with Gasteiger partial charge < -0.3 is 14.8 Å². The minimum absolute atomic E-state index is 0.0255. The van der Waals surface area contributed by atoms with E-state index >= 15 is 0 Å². The summed E-state index contributed by atoms with van der Waals surface area (Å²) in [7, 11) is 0. The Morgan fingerprint density at radius 3 is 2.32 bits per heavy atom. The number of anilines is 1. The average Bonchev–Trinajstić information content (AvgIpc) is 2.73. The number of rotatable bonds is 6. The lowest BCUT2D eigenvalue weighted by atomic mass is 9.85. The lowest BCUT2D eigenvalue weighted by Gasteiger charge is -2.23. The number of esters is 1. The third-order valence-corrected chi connectivity index (χ3v) is 5.53. The predicted octanol–water partition coefficient (Wildman–Crippen LogP) is 5.80. The van der Waals surface area contributed by atoms with Crippen LogP contribution in [0.3, 0.4) is 0 Å². The third kappa shape index (κ3) is 6.58. The number of hydrogen-bond donors (Lipinski definition) is 1. The first kappa shape index (κ1) is 22.9. The highest BCUT2D eigenvalue weighted by Crippen LogP contribution is 2.32. The molecule has 1 saturated carbocycles. The fourth-order valence-corrected chi connectivity index (χ4v) is 3.79. The highest BCUT2D eigenvalue weighted by Gasteiger charge is 2.20. The average molecular weight is 424 g/mol. The Balaban J connectivity index is 1.54. The Kier molecular flexibility index (Phi) is 7.37. The molecule has 1 amide bonds. The number of aryl methyl sites for hydroxylation is 1. The smallest absolute Gasteiger partial charge is 0.338 e. The zero-order valence-electron chi connectivity index (χ0n) is 19.0. The van der Waals surface area contributed by atoms with Crippen LogP contribution in [-0.2, 0) is 14.9 Å². The summed E-state index contributed by atoms with van der Waals surface area (Å²) in [5.74, 6) is 0.161. The van der Waals surface area contributed by atoms with Crippen molar-refractivity contribution in [1.82, 2.24) is 0 Å². The molecule has 1 N–H and O–H groups in total. The van der Waals surface area contributed by atoms with E-state index in [-0.39, 0.29) is 30.0 Å². The van der Waals surface area contributed by atoms with Crippen molar-refractivity contribution in [3.05, 3.63) is 59.2 Å². The molecule has 5 nitrogen and oxygen atoms in total. The van der Waals surface area contributed by atoms with Crippen LogP contribution in [0.5, 0.6) is 5.75 Å². The molecule has 2 aromatic rings. The second-order valence-corrected chi connectivity index (χ2v) is 9.33. The van der Waals surface area contributed by atoms with Crippen LogP contribution >= 0.6 is 0 Å². The fraction of sp³-hybridized carbons (Fsp3) is 0.462. The minimum atomic E-state index is -0.304. The molecule has 0 unspecified atom stereocenters. The molecule has 1 aliphatic carbocycles. The van der Waals surface area contributed by atoms with Crippen LogP contribution in [0.25, 0.3) is 0 Å². The van der Waals surface area contributed by atoms with Gasteiger partial charge in [-0.05, 0) is 73.9 Å². The summed E-state index contributed by atoms with van der Waals surface area (Å²) in [6.07, 6.45) is 5.36. The summed E-state index contributed by atoms with van der Waals surface area (Å²) in [4.78, 5) is 24.7. The van der Waals surface area contributed by atoms with Crippen molar-refractivity contribution in [1.29, 1.82) is 0 Å². The first-order chi connectivity index (χ1) is 14.7. The number of hydrogen-bond acceptors (Lipinski definition) is 4. The topological polar surface area (TPSA) is 64.6 Å². The van der Waals surface area contributed by atoms with E-state index in [0.717, 1.165) is 36.8 Å². The summed E-state index contributed by atoms with van der Waals surface area (Å²) in [6.45, 7) is 8.32. The van der Waals surface area contributed by atoms with Crippen molar-refractivity contribution in [3.63, 3.8) is 0 Å². The van der Waals surface area contributed by atoms with Gasteiger partial charge in [-0.3, -0.25) is 4.79 Å². The Hall–Kier alpha value is -2.82. The van der Waals surface area contributed by atoms with Gasteiger partial charge in [-0.1, -0.05) is 44.9 Å². The Labute approximate surface area is 185 Å². The molecule has 0 saturated heterocycles. The number of amides is 1. The zero-order valence-corrected chi connectivity index (χ0v) is 19.0. The molecule has 0 radical (unpaired) electrons. The maximum Gasteiger partial charge on any atom is 0.338 e. The van der Waals surface area contributed by atoms with Crippen molar-refractivity contribution in [2.45, 2.75) is 71.3 Å². The third-order valence-electron chi connectivity index (χ3n) is 5.53. The molecular formula is C26H33NO4. The molecule has 0 aliphatic heterocycles. The summed E-state index contributed by atoms with van der Waals surface area (Å²) in [5.41, 5.74) is 3.25. The van der Waals surface area contributed by atoms with E-state index in [2.05, 4.69) is 32.2 Å². The van der Waals surface area contributed by atoms with Crippen LogP contribution in [0.15, 0.2) is 42.5 Å². The van der Waals surface area contributed by atoms with Crippen molar-refractivity contribution in [2.75, 3.05) is 11.9 Å². The molecule has 0 spiro atoms. The summed E-state index contributed by atoms with van der Waals surface area (Å²) in [5, 5.41) is 2.81. The normalized spacial score (nSPS) is 14.7. The van der Waals surface area contributed by atoms with Gasteiger partial charge in [-0.2, -0.15) is 0 Å². The molecule has 2 aromatic carbocycles. The van der Waals surface area contributed by atoms with Gasteiger partial charge in [0.25, 0.3) is 5.91 Å². The highest BCUT2D eigenvalue weighted by atomic mass is 16.5. The van der Waals surface area contributed by atoms with E-state index in [4.69, 9.17) is 9.47 Å². The maximum absolute atomic E-state index is 12.4. The van der Waals surface area contributed by atoms with Crippen molar-refractivity contribution >= 4 is 17.6 Å². The molecule has 0 atom stereocenters. The molecule has 0 bridgehead atoms. The van der Waals surface area contributed by atoms with Gasteiger partial charge in [0.05, 0.1) is 5.56 Å². The number of carbonyl (C=O) groups is 2. The molecule has 1 aliphatic rings. The van der Waals surface area contributed by atoms with Gasteiger partial charge in [-0.15, -0.1) is 0 Å². The van der Waals surface area contributed by atoms with Gasteiger partial charge in [0.2, 0.25) is 0 Å². The lowest BCUT2D eigenvalue weighted by Crippen LogP contribution is -2.22. The van der Waals surface area contributed by atoms with Crippen LogP contribution in [0.4, 0.5) is 5.69 Å². The number of benzene rings is 2. The molecule has 31 heavy (non-hydrogen) atoms. The van der Waals surface area contributed by atoms with Gasteiger partial charge >= 0.3 is 5.97 Å². The SMILES string of the molecule is Cc1ccc(OCC(=O)Nc2ccc(C(=O)OC3CCCCC3)cc2)c(C(C)(C)C)c1. The van der Waals surface area contributed by atoms with E-state index in [9.17, 15) is 9.59 Å². The monoisotopic (exact) mass is 423 g/mol. The largest absolute Gasteiger partial charge is 0.483 e. The first-order valence-electron chi connectivity index (χ1n) is 11.1. The molecule has 5 heteroatoms. The molecule has 0 aromatic heterocycles. The summed E-state index contributed by atoms with van der Waals surface area (Å²) < 4.78 is 11.4. The fourth-order valence-electron chi connectivity index (χ4n) is 3.79. The quantitative estimate of drug-likeness (QED) is 0.597. The van der Waals surface area contributed by atoms with Gasteiger partial charge in [0.1, 0.15) is 11.9 Å². The van der Waals surface area contributed by atoms with Crippen LogP contribution in [0.2, 0.25) is 0 Å². The van der Waals surface area contributed by atoms with Crippen LogP contribution < -0.4 is 10.1 Å². The Morgan fingerprint density at radius 2 is 1.68 bits per heavy atom. The number of ether oxygens (including phenoxy) is 2. The molecule has 3 rings (SSSR count). The predicted molar refractivity (Wildman–Crippen MR) is 123 cm³/mol. The van der Waals surface area contributed by atoms with Crippen LogP contribution in [0, 0.1) is 6.92 Å². The number of nitrogens with one attached hydrogen (secondary N) is 1. The van der Waals surface area contributed by atoms with Gasteiger partial charge in [0, 0.05) is 5.69 Å². The van der Waals surface area contributed by atoms with E-state index in [1.54, 1.807) is 24.3 Å².